The minimum Gasteiger partial charge on any atom is -0.493 e. The zero-order valence-corrected chi connectivity index (χ0v) is 10.7. The summed E-state index contributed by atoms with van der Waals surface area (Å²) in [6.45, 7) is 0. The Labute approximate surface area is 116 Å². The summed E-state index contributed by atoms with van der Waals surface area (Å²) in [4.78, 5) is 11.9. The van der Waals surface area contributed by atoms with Crippen molar-refractivity contribution in [2.75, 3.05) is 7.11 Å². The van der Waals surface area contributed by atoms with Gasteiger partial charge in [-0.3, -0.25) is 4.79 Å². The van der Waals surface area contributed by atoms with E-state index in [9.17, 15) is 18.0 Å². The Morgan fingerprint density at radius 1 is 1.33 bits per heavy atom. The highest BCUT2D eigenvalue weighted by atomic mass is 19.4. The van der Waals surface area contributed by atoms with Crippen molar-refractivity contribution in [1.29, 1.82) is 5.26 Å². The molecule has 0 aliphatic heterocycles. The summed E-state index contributed by atoms with van der Waals surface area (Å²) in [6.07, 6.45) is -4.54. The van der Waals surface area contributed by atoms with E-state index < -0.39 is 17.3 Å². The van der Waals surface area contributed by atoms with Crippen LogP contribution in [-0.4, -0.2) is 16.9 Å². The molecule has 8 heteroatoms. The van der Waals surface area contributed by atoms with E-state index in [4.69, 9.17) is 10.00 Å². The molecule has 0 fully saturated rings. The van der Waals surface area contributed by atoms with Crippen LogP contribution >= 0.6 is 0 Å². The first kappa shape index (κ1) is 14.6. The summed E-state index contributed by atoms with van der Waals surface area (Å²) in [5.41, 5.74) is -1.91. The van der Waals surface area contributed by atoms with Crippen molar-refractivity contribution < 1.29 is 17.9 Å². The molecule has 108 valence electrons. The van der Waals surface area contributed by atoms with Crippen LogP contribution in [0.5, 0.6) is 5.75 Å². The summed E-state index contributed by atoms with van der Waals surface area (Å²) in [5, 5.41) is 12.6. The molecule has 0 unspecified atom stereocenters. The molecule has 0 radical (unpaired) electrons. The molecule has 0 saturated carbocycles. The third-order valence-corrected chi connectivity index (χ3v) is 2.64. The number of ether oxygens (including phenoxy) is 1. The van der Waals surface area contributed by atoms with Gasteiger partial charge in [-0.2, -0.15) is 23.1 Å². The van der Waals surface area contributed by atoms with Crippen molar-refractivity contribution >= 4 is 0 Å². The number of halogens is 3. The van der Waals surface area contributed by atoms with Crippen LogP contribution in [-0.2, 0) is 6.18 Å². The van der Waals surface area contributed by atoms with Gasteiger partial charge in [0.25, 0.3) is 5.56 Å². The first-order valence-electron chi connectivity index (χ1n) is 5.63. The van der Waals surface area contributed by atoms with E-state index in [1.807, 2.05) is 0 Å². The van der Waals surface area contributed by atoms with E-state index in [0.29, 0.717) is 0 Å². The van der Waals surface area contributed by atoms with E-state index >= 15 is 0 Å². The highest BCUT2D eigenvalue weighted by molar-refractivity contribution is 5.40. The van der Waals surface area contributed by atoms with Crippen LogP contribution < -0.4 is 10.3 Å². The quantitative estimate of drug-likeness (QED) is 0.851. The van der Waals surface area contributed by atoms with Crippen LogP contribution in [0.1, 0.15) is 11.3 Å². The summed E-state index contributed by atoms with van der Waals surface area (Å²) in [5.74, 6) is -0.0364. The van der Waals surface area contributed by atoms with Gasteiger partial charge in [-0.05, 0) is 18.2 Å². The van der Waals surface area contributed by atoms with Gasteiger partial charge in [-0.25, -0.2) is 0 Å². The van der Waals surface area contributed by atoms with Gasteiger partial charge in [0.15, 0.2) is 5.75 Å². The molecule has 0 spiro atoms. The molecule has 0 aliphatic rings. The van der Waals surface area contributed by atoms with Crippen LogP contribution in [0.3, 0.4) is 0 Å². The van der Waals surface area contributed by atoms with Crippen LogP contribution in [0.15, 0.2) is 35.1 Å². The van der Waals surface area contributed by atoms with Gasteiger partial charge in [-0.1, -0.05) is 6.07 Å². The first-order chi connectivity index (χ1) is 9.86. The van der Waals surface area contributed by atoms with Crippen LogP contribution in [0.4, 0.5) is 13.2 Å². The van der Waals surface area contributed by atoms with Crippen molar-refractivity contribution in [1.82, 2.24) is 9.78 Å². The predicted molar refractivity (Wildman–Crippen MR) is 66.1 cm³/mol. The Bertz CT molecular complexity index is 775. The number of nitrogens with zero attached hydrogens (tertiary/aromatic N) is 3. The number of aromatic nitrogens is 2. The molecular weight excluding hydrogens is 287 g/mol. The average Bonchev–Trinajstić information content (AvgIpc) is 2.46. The number of alkyl halides is 3. The molecule has 1 heterocycles. The fourth-order valence-electron chi connectivity index (χ4n) is 1.67. The third kappa shape index (κ3) is 2.86. The van der Waals surface area contributed by atoms with Gasteiger partial charge in [0.1, 0.15) is 6.07 Å². The zero-order chi connectivity index (χ0) is 15.6. The van der Waals surface area contributed by atoms with E-state index in [2.05, 4.69) is 5.10 Å². The van der Waals surface area contributed by atoms with E-state index in [0.717, 1.165) is 28.9 Å². The van der Waals surface area contributed by atoms with Crippen molar-refractivity contribution in [3.8, 4) is 17.5 Å². The fraction of sp³-hybridized carbons (Fsp3) is 0.154. The van der Waals surface area contributed by atoms with Crippen molar-refractivity contribution in [3.05, 3.63) is 51.9 Å². The predicted octanol–water partition coefficient (Wildman–Crippen LogP) is 2.13. The Morgan fingerprint density at radius 3 is 2.62 bits per heavy atom. The molecule has 5 nitrogen and oxygen atoms in total. The molecule has 0 N–H and O–H groups in total. The summed E-state index contributed by atoms with van der Waals surface area (Å²) in [7, 11) is 1.26. The number of hydrogen-bond acceptors (Lipinski definition) is 4. The molecule has 21 heavy (non-hydrogen) atoms. The maximum Gasteiger partial charge on any atom is 0.416 e. The van der Waals surface area contributed by atoms with Gasteiger partial charge in [0.2, 0.25) is 5.69 Å². The summed E-state index contributed by atoms with van der Waals surface area (Å²) >= 11 is 0. The molecule has 0 aliphatic carbocycles. The van der Waals surface area contributed by atoms with Crippen LogP contribution in [0, 0.1) is 11.3 Å². The zero-order valence-electron chi connectivity index (χ0n) is 10.7. The topological polar surface area (TPSA) is 67.9 Å². The van der Waals surface area contributed by atoms with E-state index in [1.165, 1.54) is 13.2 Å². The fourth-order valence-corrected chi connectivity index (χ4v) is 1.67. The van der Waals surface area contributed by atoms with Gasteiger partial charge in [-0.15, -0.1) is 5.10 Å². The highest BCUT2D eigenvalue weighted by Gasteiger charge is 2.30. The number of nitriles is 1. The summed E-state index contributed by atoms with van der Waals surface area (Å²) in [6, 6.07) is 6.80. The minimum atomic E-state index is -4.54. The number of benzene rings is 1. The Hall–Kier alpha value is -2.82. The molecule has 1 aromatic carbocycles. The molecule has 0 bridgehead atoms. The Kier molecular flexibility index (Phi) is 3.67. The van der Waals surface area contributed by atoms with Crippen LogP contribution in [0.25, 0.3) is 5.69 Å². The number of methoxy groups -OCH3 is 1. The monoisotopic (exact) mass is 295 g/mol. The molecule has 2 rings (SSSR count). The largest absolute Gasteiger partial charge is 0.493 e. The molecule has 0 amide bonds. The van der Waals surface area contributed by atoms with E-state index in [1.54, 1.807) is 6.07 Å². The molecule has 1 aromatic heterocycles. The van der Waals surface area contributed by atoms with Crippen molar-refractivity contribution in [2.45, 2.75) is 6.18 Å². The Morgan fingerprint density at radius 2 is 2.05 bits per heavy atom. The molecular formula is C13H8F3N3O2. The lowest BCUT2D eigenvalue weighted by molar-refractivity contribution is -0.137. The van der Waals surface area contributed by atoms with Gasteiger partial charge in [0.05, 0.1) is 24.4 Å². The normalized spacial score (nSPS) is 11.0. The smallest absolute Gasteiger partial charge is 0.416 e. The lowest BCUT2D eigenvalue weighted by Crippen LogP contribution is -2.22. The van der Waals surface area contributed by atoms with Gasteiger partial charge < -0.3 is 4.74 Å². The summed E-state index contributed by atoms with van der Waals surface area (Å²) < 4.78 is 43.5. The Balaban J connectivity index is 2.63. The van der Waals surface area contributed by atoms with Crippen molar-refractivity contribution in [3.63, 3.8) is 0 Å². The molecule has 2 aromatic rings. The van der Waals surface area contributed by atoms with Crippen molar-refractivity contribution in [2.24, 2.45) is 0 Å². The third-order valence-electron chi connectivity index (χ3n) is 2.64. The molecule has 0 saturated heterocycles. The lowest BCUT2D eigenvalue weighted by Gasteiger charge is -2.10. The maximum absolute atomic E-state index is 12.7. The first-order valence-corrected chi connectivity index (χ1v) is 5.63. The number of hydrogen-bond donors (Lipinski definition) is 0. The van der Waals surface area contributed by atoms with Gasteiger partial charge in [0, 0.05) is 0 Å². The lowest BCUT2D eigenvalue weighted by atomic mass is 10.2. The molecule has 0 atom stereocenters. The standard InChI is InChI=1S/C13H8F3N3O2/c1-21-11-6-12(20)19(18-10(11)7-17)9-4-2-3-8(5-9)13(14,15)16/h2-6H,1H3. The van der Waals surface area contributed by atoms with Crippen LogP contribution in [0.2, 0.25) is 0 Å². The average molecular weight is 295 g/mol. The number of rotatable bonds is 2. The maximum atomic E-state index is 12.7. The SMILES string of the molecule is COc1cc(=O)n(-c2cccc(C(F)(F)F)c2)nc1C#N. The second-order valence-corrected chi connectivity index (χ2v) is 3.97. The van der Waals surface area contributed by atoms with E-state index in [-0.39, 0.29) is 17.1 Å². The minimum absolute atomic E-state index is 0.0364. The highest BCUT2D eigenvalue weighted by Crippen LogP contribution is 2.30. The van der Waals surface area contributed by atoms with Gasteiger partial charge >= 0.3 is 6.18 Å². The second kappa shape index (κ2) is 5.28. The second-order valence-electron chi connectivity index (χ2n) is 3.97.